The largest absolute Gasteiger partial charge is 0.363 e. The maximum absolute atomic E-state index is 12.5. The van der Waals surface area contributed by atoms with Gasteiger partial charge in [0.05, 0.1) is 5.60 Å². The molecular weight excluding hydrogens is 240 g/mol. The van der Waals surface area contributed by atoms with E-state index in [1.165, 1.54) is 0 Å². The van der Waals surface area contributed by atoms with Crippen LogP contribution in [0.25, 0.3) is 0 Å². The van der Waals surface area contributed by atoms with Crippen molar-refractivity contribution in [3.05, 3.63) is 0 Å². The molecule has 0 unspecified atom stereocenters. The lowest BCUT2D eigenvalue weighted by atomic mass is 9.76. The Balaban J connectivity index is 2.23. The lowest BCUT2D eigenvalue weighted by molar-refractivity contribution is -0.131. The molecule has 0 aromatic heterocycles. The van der Waals surface area contributed by atoms with Crippen LogP contribution in [0.1, 0.15) is 60.3 Å². The maximum atomic E-state index is 12.5. The standard InChI is InChI=1S/C16H26O3/c1-10(2)12-8-13(17)11(3)6-7-15(4)16(5,19-15)9-14(12)18/h10-12H,6-9H2,1-5H3/t11-,12-,15-,16-/m0/s1. The number of hydrogen-bond donors (Lipinski definition) is 0. The summed E-state index contributed by atoms with van der Waals surface area (Å²) in [5.74, 6) is 0.552. The number of epoxide rings is 1. The van der Waals surface area contributed by atoms with Crippen molar-refractivity contribution in [3.8, 4) is 0 Å². The fourth-order valence-electron chi connectivity index (χ4n) is 3.27. The molecule has 0 bridgehead atoms. The van der Waals surface area contributed by atoms with Gasteiger partial charge in [0.2, 0.25) is 0 Å². The minimum absolute atomic E-state index is 0.0393. The van der Waals surface area contributed by atoms with E-state index in [0.29, 0.717) is 12.8 Å². The smallest absolute Gasteiger partial charge is 0.139 e. The Labute approximate surface area is 116 Å². The van der Waals surface area contributed by atoms with Gasteiger partial charge in [0.15, 0.2) is 0 Å². The van der Waals surface area contributed by atoms with Gasteiger partial charge in [-0.2, -0.15) is 0 Å². The molecule has 1 saturated carbocycles. The van der Waals surface area contributed by atoms with Crippen LogP contribution < -0.4 is 0 Å². The van der Waals surface area contributed by atoms with E-state index >= 15 is 0 Å². The van der Waals surface area contributed by atoms with E-state index in [1.807, 2.05) is 27.7 Å². The zero-order valence-corrected chi connectivity index (χ0v) is 12.8. The monoisotopic (exact) mass is 266 g/mol. The second-order valence-electron chi connectivity index (χ2n) is 7.17. The first kappa shape index (κ1) is 14.7. The zero-order chi connectivity index (χ0) is 14.4. The van der Waals surface area contributed by atoms with Crippen LogP contribution >= 0.6 is 0 Å². The Hall–Kier alpha value is -0.700. The van der Waals surface area contributed by atoms with E-state index in [0.717, 1.165) is 12.8 Å². The molecule has 0 amide bonds. The summed E-state index contributed by atoms with van der Waals surface area (Å²) < 4.78 is 5.87. The van der Waals surface area contributed by atoms with Crippen molar-refractivity contribution in [3.63, 3.8) is 0 Å². The highest BCUT2D eigenvalue weighted by molar-refractivity contribution is 5.90. The van der Waals surface area contributed by atoms with Gasteiger partial charge in [0, 0.05) is 24.7 Å². The van der Waals surface area contributed by atoms with Gasteiger partial charge >= 0.3 is 0 Å². The number of ether oxygens (including phenoxy) is 1. The topological polar surface area (TPSA) is 46.7 Å². The molecule has 0 N–H and O–H groups in total. The highest BCUT2D eigenvalue weighted by Crippen LogP contribution is 2.54. The summed E-state index contributed by atoms with van der Waals surface area (Å²) >= 11 is 0. The number of carbonyl (C=O) groups is 2. The van der Waals surface area contributed by atoms with Crippen molar-refractivity contribution in [2.75, 3.05) is 0 Å². The third-order valence-corrected chi connectivity index (χ3v) is 5.28. The molecule has 2 rings (SSSR count). The molecule has 0 radical (unpaired) electrons. The fourth-order valence-corrected chi connectivity index (χ4v) is 3.27. The first-order valence-corrected chi connectivity index (χ1v) is 7.44. The third kappa shape index (κ3) is 2.62. The lowest BCUT2D eigenvalue weighted by Crippen LogP contribution is -2.33. The Bertz CT molecular complexity index is 401. The van der Waals surface area contributed by atoms with Crippen molar-refractivity contribution in [2.45, 2.75) is 71.5 Å². The van der Waals surface area contributed by atoms with E-state index in [-0.39, 0.29) is 40.5 Å². The first-order valence-electron chi connectivity index (χ1n) is 7.44. The van der Waals surface area contributed by atoms with Gasteiger partial charge in [0.1, 0.15) is 17.2 Å². The van der Waals surface area contributed by atoms with Crippen LogP contribution in [0.3, 0.4) is 0 Å². The predicted octanol–water partition coefficient (Wildman–Crippen LogP) is 3.15. The van der Waals surface area contributed by atoms with Crippen molar-refractivity contribution in [1.82, 2.24) is 0 Å². The molecule has 3 nitrogen and oxygen atoms in total. The van der Waals surface area contributed by atoms with Crippen molar-refractivity contribution < 1.29 is 14.3 Å². The van der Waals surface area contributed by atoms with Gasteiger partial charge in [-0.3, -0.25) is 9.59 Å². The van der Waals surface area contributed by atoms with Gasteiger partial charge in [-0.1, -0.05) is 20.8 Å². The number of Topliss-reactive ketones (excluding diaryl/α,β-unsaturated/α-hetero) is 2. The van der Waals surface area contributed by atoms with Crippen LogP contribution in [-0.4, -0.2) is 22.8 Å². The van der Waals surface area contributed by atoms with Crippen LogP contribution in [0.15, 0.2) is 0 Å². The van der Waals surface area contributed by atoms with Gasteiger partial charge < -0.3 is 4.74 Å². The predicted molar refractivity (Wildman–Crippen MR) is 73.9 cm³/mol. The van der Waals surface area contributed by atoms with Crippen molar-refractivity contribution in [1.29, 1.82) is 0 Å². The minimum atomic E-state index is -0.308. The van der Waals surface area contributed by atoms with Crippen molar-refractivity contribution >= 4 is 11.6 Å². The summed E-state index contributed by atoms with van der Waals surface area (Å²) in [4.78, 5) is 24.7. The van der Waals surface area contributed by atoms with Crippen LogP contribution in [0.5, 0.6) is 0 Å². The number of ketones is 2. The van der Waals surface area contributed by atoms with Gasteiger partial charge in [-0.25, -0.2) is 0 Å². The third-order valence-electron chi connectivity index (χ3n) is 5.28. The summed E-state index contributed by atoms with van der Waals surface area (Å²) in [7, 11) is 0. The van der Waals surface area contributed by atoms with E-state index < -0.39 is 0 Å². The molecule has 0 aromatic rings. The fraction of sp³-hybridized carbons (Fsp3) is 0.875. The number of fused-ring (bicyclic) bond motifs is 1. The molecule has 19 heavy (non-hydrogen) atoms. The summed E-state index contributed by atoms with van der Waals surface area (Å²) in [5.41, 5.74) is -0.520. The van der Waals surface area contributed by atoms with Crippen LogP contribution in [-0.2, 0) is 14.3 Å². The Kier molecular flexibility index (Phi) is 3.63. The number of carbonyl (C=O) groups excluding carboxylic acids is 2. The molecule has 108 valence electrons. The second-order valence-corrected chi connectivity index (χ2v) is 7.17. The van der Waals surface area contributed by atoms with Crippen LogP contribution in [0, 0.1) is 17.8 Å². The van der Waals surface area contributed by atoms with E-state index in [9.17, 15) is 9.59 Å². The van der Waals surface area contributed by atoms with Crippen LogP contribution in [0.4, 0.5) is 0 Å². The summed E-state index contributed by atoms with van der Waals surface area (Å²) in [6.07, 6.45) is 2.60. The first-order chi connectivity index (χ1) is 8.68. The molecule has 1 aliphatic carbocycles. The van der Waals surface area contributed by atoms with Gasteiger partial charge in [-0.15, -0.1) is 0 Å². The van der Waals surface area contributed by atoms with E-state index in [1.54, 1.807) is 0 Å². The molecule has 2 fully saturated rings. The quantitative estimate of drug-likeness (QED) is 0.685. The minimum Gasteiger partial charge on any atom is -0.363 e. The van der Waals surface area contributed by atoms with Crippen LogP contribution in [0.2, 0.25) is 0 Å². The number of rotatable bonds is 1. The molecule has 1 heterocycles. The molecule has 1 saturated heterocycles. The maximum Gasteiger partial charge on any atom is 0.139 e. The molecule has 0 spiro atoms. The average molecular weight is 266 g/mol. The SMILES string of the molecule is CC(C)[C@@H]1CC(=O)[C@@H](C)CC[C@]2(C)O[C@@]2(C)CC1=O. The Morgan fingerprint density at radius 1 is 1.16 bits per heavy atom. The lowest BCUT2D eigenvalue weighted by Gasteiger charge is -2.24. The van der Waals surface area contributed by atoms with E-state index in [4.69, 9.17) is 4.74 Å². The highest BCUT2D eigenvalue weighted by atomic mass is 16.6. The summed E-state index contributed by atoms with van der Waals surface area (Å²) in [6.45, 7) is 10.2. The summed E-state index contributed by atoms with van der Waals surface area (Å²) in [6, 6.07) is 0. The Morgan fingerprint density at radius 3 is 2.37 bits per heavy atom. The zero-order valence-electron chi connectivity index (χ0n) is 12.8. The molecule has 4 atom stereocenters. The molecule has 3 heteroatoms. The molecular formula is C16H26O3. The highest BCUT2D eigenvalue weighted by Gasteiger charge is 2.64. The molecule has 1 aliphatic heterocycles. The Morgan fingerprint density at radius 2 is 1.79 bits per heavy atom. The average Bonchev–Trinajstić information content (AvgIpc) is 2.83. The van der Waals surface area contributed by atoms with E-state index in [2.05, 4.69) is 6.92 Å². The van der Waals surface area contributed by atoms with Crippen molar-refractivity contribution in [2.24, 2.45) is 17.8 Å². The second kappa shape index (κ2) is 4.69. The molecule has 0 aromatic carbocycles. The van der Waals surface area contributed by atoms with Gasteiger partial charge in [-0.05, 0) is 32.6 Å². The molecule has 2 aliphatic rings. The number of hydrogen-bond acceptors (Lipinski definition) is 3. The summed E-state index contributed by atoms with van der Waals surface area (Å²) in [5, 5.41) is 0. The van der Waals surface area contributed by atoms with Gasteiger partial charge in [0.25, 0.3) is 0 Å². The normalized spacial score (nSPS) is 44.1.